The van der Waals surface area contributed by atoms with Gasteiger partial charge in [0.05, 0.1) is 0 Å². The van der Waals surface area contributed by atoms with E-state index in [0.717, 1.165) is 114 Å². The van der Waals surface area contributed by atoms with Crippen molar-refractivity contribution in [1.29, 1.82) is 0 Å². The molecule has 10 fully saturated rings. The highest BCUT2D eigenvalue weighted by Crippen LogP contribution is 2.51. The predicted molar refractivity (Wildman–Crippen MR) is 472 cm³/mol. The Labute approximate surface area is 726 Å². The molecular weight excluding hydrogens is 1600 g/mol. The molecule has 122 heavy (non-hydrogen) atoms. The van der Waals surface area contributed by atoms with Crippen LogP contribution in [0.25, 0.3) is 44.5 Å². The van der Waals surface area contributed by atoms with Crippen LogP contribution in [0, 0.1) is 32.6 Å². The van der Waals surface area contributed by atoms with Crippen molar-refractivity contribution in [2.45, 2.75) is 293 Å². The van der Waals surface area contributed by atoms with Gasteiger partial charge in [-0.3, -0.25) is 44.9 Å². The summed E-state index contributed by atoms with van der Waals surface area (Å²) in [7, 11) is 0. The zero-order valence-corrected chi connectivity index (χ0v) is 74.1. The Bertz CT molecular complexity index is 5040. The molecule has 19 heterocycles. The Morgan fingerprint density at radius 2 is 0.746 bits per heavy atom. The zero-order valence-electron chi connectivity index (χ0n) is 72.5. The Kier molecular flexibility index (Phi) is 28.4. The second-order valence-corrected chi connectivity index (χ2v) is 37.9. The highest BCUT2D eigenvalue weighted by molar-refractivity contribution is 9.10. The number of rotatable bonds is 12. The maximum Gasteiger partial charge on any atom is 0.410 e. The number of aryl methyl sites for hydroxylation is 3. The van der Waals surface area contributed by atoms with Crippen molar-refractivity contribution in [1.82, 2.24) is 70.2 Å². The molecule has 24 nitrogen and oxygen atoms in total. The molecule has 19 rings (SSSR count). The summed E-state index contributed by atoms with van der Waals surface area (Å²) in [5.41, 5.74) is 17.4. The summed E-state index contributed by atoms with van der Waals surface area (Å²) in [6.45, 7) is 25.1. The molecule has 0 aliphatic carbocycles. The van der Waals surface area contributed by atoms with Crippen molar-refractivity contribution in [3.05, 3.63) is 221 Å². The molecule has 25 heteroatoms. The normalized spacial score (nSPS) is 25.1. The molecule has 10 bridgehead atoms. The number of amides is 3. The number of carbonyl (C=O) groups is 3. The Morgan fingerprint density at radius 3 is 1.06 bits per heavy atom. The van der Waals surface area contributed by atoms with Gasteiger partial charge in [0, 0.05) is 227 Å². The van der Waals surface area contributed by atoms with Crippen molar-refractivity contribution in [2.75, 3.05) is 6.61 Å². The van der Waals surface area contributed by atoms with E-state index < -0.39 is 16.8 Å². The van der Waals surface area contributed by atoms with Gasteiger partial charge in [-0.25, -0.2) is 19.6 Å². The Hall–Kier alpha value is -10.0. The third kappa shape index (κ3) is 22.1. The minimum Gasteiger partial charge on any atom is -0.444 e. The van der Waals surface area contributed by atoms with Crippen LogP contribution in [-0.2, 0) is 29.2 Å². The molecule has 642 valence electrons. The Balaban J connectivity index is 0.000000122. The second kappa shape index (κ2) is 39.2. The summed E-state index contributed by atoms with van der Waals surface area (Å²) in [6.07, 6.45) is 45.3. The number of nitrogens with zero attached hydrogens (tertiary/aromatic N) is 12. The van der Waals surface area contributed by atoms with E-state index in [0.29, 0.717) is 47.7 Å². The molecule has 9 aromatic heterocycles. The Morgan fingerprint density at radius 1 is 0.410 bits per heavy atom. The zero-order chi connectivity index (χ0) is 86.0. The van der Waals surface area contributed by atoms with E-state index >= 15 is 0 Å². The monoisotopic (exact) mass is 1720 g/mol. The van der Waals surface area contributed by atoms with E-state index in [1.54, 1.807) is 25.5 Å². The van der Waals surface area contributed by atoms with Gasteiger partial charge < -0.3 is 39.5 Å². The van der Waals surface area contributed by atoms with Crippen LogP contribution < -0.4 is 10.6 Å². The largest absolute Gasteiger partial charge is 0.444 e. The predicted octanol–water partition coefficient (Wildman–Crippen LogP) is 19.7. The number of carbonyl (C=O) groups excluding carboxylic acids is 3. The lowest BCUT2D eigenvalue weighted by Crippen LogP contribution is -2.40. The number of fused-ring (bicyclic) bond motifs is 10. The molecular formula is C97H117BrN14O10. The molecule has 15 unspecified atom stereocenters. The molecule has 15 atom stereocenters. The first-order valence-corrected chi connectivity index (χ1v) is 44.0. The van der Waals surface area contributed by atoms with Crippen molar-refractivity contribution in [2.24, 2.45) is 0 Å². The number of ether oxygens (including phenoxy) is 3. The van der Waals surface area contributed by atoms with E-state index in [1.807, 2.05) is 190 Å². The van der Waals surface area contributed by atoms with Gasteiger partial charge in [-0.15, -0.1) is 5.92 Å². The summed E-state index contributed by atoms with van der Waals surface area (Å²) < 4.78 is 17.9. The fraction of sp³-hybridized carbons (Fsp3) is 0.485. The summed E-state index contributed by atoms with van der Waals surface area (Å²) >= 11 is 3.48. The molecule has 10 aliphatic rings. The van der Waals surface area contributed by atoms with Gasteiger partial charge in [0.25, 0.3) is 0 Å². The maximum atomic E-state index is 12.7. The van der Waals surface area contributed by atoms with E-state index in [4.69, 9.17) is 19.5 Å². The summed E-state index contributed by atoms with van der Waals surface area (Å²) in [4.78, 5) is 86.9. The topological polar surface area (TPSA) is 277 Å². The molecule has 10 aliphatic heterocycles. The first-order chi connectivity index (χ1) is 58.6. The molecule has 3 amide bonds. The lowest BCUT2D eigenvalue weighted by atomic mass is 9.84. The molecule has 0 spiro atoms. The quantitative estimate of drug-likeness (QED) is 0.0337. The SMILES string of the molecule is CC#CCOOOO.CC(C)(C)OC(=O)N1C2CCC1C(c1cncc(-c3ccncc3)c1)C2.CC(C)(C)OC(=O)N1C2CCC1C(c1cncc(Br)c1)C2.Cc1cc(-c2cncc(C3CC4CCC3N4)c2)ccn1.Cc1cc(-c2cncc(C3CC4CCC3N4)c2)ccn1.Cc1cc(-c2cncc(C3CC4CCC3N4C(=O)OC(C)(C)C)c2)ccn1. The van der Waals surface area contributed by atoms with Gasteiger partial charge >= 0.3 is 18.3 Å². The first kappa shape index (κ1) is 88.3. The number of hydrogen-bond acceptors (Lipinski definition) is 21. The first-order valence-electron chi connectivity index (χ1n) is 43.2. The maximum absolute atomic E-state index is 12.7. The van der Waals surface area contributed by atoms with Crippen LogP contribution in [0.2, 0.25) is 0 Å². The van der Waals surface area contributed by atoms with Crippen molar-refractivity contribution < 1.29 is 48.8 Å². The highest BCUT2D eigenvalue weighted by Gasteiger charge is 2.53. The molecule has 9 aromatic rings. The lowest BCUT2D eigenvalue weighted by Gasteiger charge is -2.28. The van der Waals surface area contributed by atoms with Crippen molar-refractivity contribution in [3.63, 3.8) is 0 Å². The number of nitrogens with one attached hydrogen (secondary N) is 2. The van der Waals surface area contributed by atoms with E-state index in [2.05, 4.69) is 159 Å². The average molecular weight is 1720 g/mol. The smallest absolute Gasteiger partial charge is 0.410 e. The van der Waals surface area contributed by atoms with Crippen LogP contribution in [0.5, 0.6) is 0 Å². The van der Waals surface area contributed by atoms with Gasteiger partial charge in [-0.2, -0.15) is 4.89 Å². The molecule has 0 aromatic carbocycles. The fourth-order valence-electron chi connectivity index (χ4n) is 20.0. The minimum absolute atomic E-state index is 0.0804. The van der Waals surface area contributed by atoms with Gasteiger partial charge in [0.1, 0.15) is 23.4 Å². The van der Waals surface area contributed by atoms with E-state index in [-0.39, 0.29) is 55.1 Å². The lowest BCUT2D eigenvalue weighted by molar-refractivity contribution is -0.620. The van der Waals surface area contributed by atoms with Gasteiger partial charge in [0.2, 0.25) is 0 Å². The van der Waals surface area contributed by atoms with Crippen LogP contribution >= 0.6 is 15.9 Å². The number of halogens is 1. The average Bonchev–Trinajstić information content (AvgIpc) is 1.62. The van der Waals surface area contributed by atoms with Crippen LogP contribution in [-0.4, -0.2) is 167 Å². The third-order valence-electron chi connectivity index (χ3n) is 25.0. The highest BCUT2D eigenvalue weighted by atomic mass is 79.9. The van der Waals surface area contributed by atoms with E-state index in [9.17, 15) is 14.4 Å². The molecule has 10 saturated heterocycles. The standard InChI is InChI=1S/C22H27N3O2.C21H25N3O2.2C17H19N3.C16H21BrN2O2.C4H6O4/c1-14-9-15(7-8-24-14)16-10-17(13-23-12-16)19-11-18-5-6-20(19)25(18)21(26)27-22(2,3)4;1-21(2,3)26-20(25)24-17-4-5-19(24)18(11-17)16-10-15(12-23-13-16)14-6-8-22-9-7-14;2*1-11-6-12(4-5-19-11)13-7-14(10-18-9-13)16-8-15-2-3-17(16)20-15;1-16(2,3)21-15(20)19-12-4-5-14(19)13(7-12)10-6-11(17)9-18-8-10;1-2-3-4-6-8-7-5/h7-10,12-13,18-20H,5-6,11H2,1-4H3;6-10,12-13,17-19H,4-5,11H2,1-3H3;2*4-7,9-10,15-17,20H,2-3,8H2,1H3;6,8-9,12-14H,4-5,7H2,1-3H3;5H,4H2,1H3. The number of pyridine rings is 9. The van der Waals surface area contributed by atoms with Crippen LogP contribution in [0.1, 0.15) is 240 Å². The summed E-state index contributed by atoms with van der Waals surface area (Å²) in [5.74, 6) is 7.35. The van der Waals surface area contributed by atoms with Crippen molar-refractivity contribution in [3.8, 4) is 56.3 Å². The van der Waals surface area contributed by atoms with Crippen LogP contribution in [0.4, 0.5) is 14.4 Å². The molecule has 3 N–H and O–H groups in total. The molecule has 0 radical (unpaired) electrons. The van der Waals surface area contributed by atoms with Crippen LogP contribution in [0.15, 0.2) is 176 Å². The van der Waals surface area contributed by atoms with Gasteiger partial charge in [-0.05, 0) is 341 Å². The van der Waals surface area contributed by atoms with E-state index in [1.165, 1.54) is 88.6 Å². The number of aromatic nitrogens is 9. The third-order valence-corrected chi connectivity index (χ3v) is 25.5. The van der Waals surface area contributed by atoms with Crippen LogP contribution in [0.3, 0.4) is 0 Å². The number of hydrogen-bond donors (Lipinski definition) is 3. The minimum atomic E-state index is -0.463. The van der Waals surface area contributed by atoms with Crippen molar-refractivity contribution >= 4 is 34.2 Å². The second-order valence-electron chi connectivity index (χ2n) is 37.0. The fourth-order valence-corrected chi connectivity index (χ4v) is 20.4. The van der Waals surface area contributed by atoms with Gasteiger partial charge in [-0.1, -0.05) is 5.92 Å². The summed E-state index contributed by atoms with van der Waals surface area (Å²) in [5, 5.41) is 21.6. The summed E-state index contributed by atoms with van der Waals surface area (Å²) in [6, 6.07) is 32.0. The van der Waals surface area contributed by atoms with Gasteiger partial charge in [0.15, 0.2) is 0 Å². The molecule has 0 saturated carbocycles.